The average Bonchev–Trinajstić information content (AvgIpc) is 2.30. The zero-order valence-electron chi connectivity index (χ0n) is 7.83. The fraction of sp³-hybridized carbons (Fsp3) is 0. The lowest BCUT2D eigenvalue weighted by atomic mass is 10.1. The van der Waals surface area contributed by atoms with Crippen LogP contribution in [-0.2, 0) is 10.7 Å². The van der Waals surface area contributed by atoms with E-state index in [-0.39, 0.29) is 0 Å². The van der Waals surface area contributed by atoms with Crippen LogP contribution in [0.1, 0.15) is 0 Å². The number of nitrogens with zero attached hydrogens (tertiary/aromatic N) is 1. The number of pyridine rings is 1. The summed E-state index contributed by atoms with van der Waals surface area (Å²) >= 11 is 0. The number of hydrogen-bond acceptors (Lipinski definition) is 3. The normalized spacial score (nSPS) is 10.5. The number of thiol groups is 1. The van der Waals surface area contributed by atoms with Crippen molar-refractivity contribution in [2.24, 2.45) is 0 Å². The van der Waals surface area contributed by atoms with E-state index in [1.54, 1.807) is 30.6 Å². The van der Waals surface area contributed by atoms with Gasteiger partial charge in [-0.05, 0) is 35.4 Å². The van der Waals surface area contributed by atoms with Gasteiger partial charge in [0.1, 0.15) is 0 Å². The van der Waals surface area contributed by atoms with Gasteiger partial charge in [-0.3, -0.25) is 4.98 Å². The van der Waals surface area contributed by atoms with E-state index >= 15 is 0 Å². The largest absolute Gasteiger partial charge is 0.265 e. The Morgan fingerprint density at radius 2 is 1.67 bits per heavy atom. The Hall–Kier alpha value is -1.68. The minimum absolute atomic E-state index is 0.333. The minimum Gasteiger partial charge on any atom is -0.265 e. The van der Waals surface area contributed by atoms with Crippen LogP contribution in [0.15, 0.2) is 53.7 Å². The van der Waals surface area contributed by atoms with Gasteiger partial charge in [-0.2, -0.15) is 0 Å². The maximum absolute atomic E-state index is 10.8. The van der Waals surface area contributed by atoms with Crippen LogP contribution in [0.25, 0.3) is 11.1 Å². The second kappa shape index (κ2) is 4.23. The molecule has 0 N–H and O–H groups in total. The lowest BCUT2D eigenvalue weighted by Crippen LogP contribution is -1.83. The maximum atomic E-state index is 10.8. The Kier molecular flexibility index (Phi) is 2.78. The van der Waals surface area contributed by atoms with Crippen molar-refractivity contribution >= 4 is 10.7 Å². The van der Waals surface area contributed by atoms with E-state index in [1.807, 2.05) is 18.2 Å². The molecule has 4 heteroatoms. The molecule has 2 rings (SSSR count). The molecule has 0 aliphatic carbocycles. The Bertz CT molecular complexity index is 527. The van der Waals surface area contributed by atoms with E-state index in [4.69, 9.17) is 0 Å². The van der Waals surface area contributed by atoms with Gasteiger partial charge < -0.3 is 0 Å². The fourth-order valence-electron chi connectivity index (χ4n) is 1.34. The van der Waals surface area contributed by atoms with Crippen molar-refractivity contribution in [3.05, 3.63) is 48.8 Å². The van der Waals surface area contributed by atoms with Crippen molar-refractivity contribution in [1.82, 2.24) is 4.98 Å². The van der Waals surface area contributed by atoms with E-state index < -0.39 is 10.7 Å². The number of hydrogen-bond donors (Lipinski definition) is 1. The highest BCUT2D eigenvalue weighted by atomic mass is 32.2. The maximum Gasteiger partial charge on any atom is 0.168 e. The summed E-state index contributed by atoms with van der Waals surface area (Å²) in [5.41, 5.74) is 1.85. The van der Waals surface area contributed by atoms with Crippen molar-refractivity contribution < 1.29 is 8.42 Å². The highest BCUT2D eigenvalue weighted by molar-refractivity contribution is 7.72. The molecule has 0 spiro atoms. The molecule has 0 bridgehead atoms. The molecule has 1 aromatic heterocycles. The van der Waals surface area contributed by atoms with Crippen LogP contribution in [0.3, 0.4) is 0 Å². The topological polar surface area (TPSA) is 47.0 Å². The first-order chi connectivity index (χ1) is 7.27. The molecule has 0 radical (unpaired) electrons. The third kappa shape index (κ3) is 2.22. The van der Waals surface area contributed by atoms with Gasteiger partial charge in [0.25, 0.3) is 0 Å². The molecule has 0 aliphatic rings. The van der Waals surface area contributed by atoms with Gasteiger partial charge >= 0.3 is 0 Å². The van der Waals surface area contributed by atoms with Crippen molar-refractivity contribution in [1.29, 1.82) is 0 Å². The molecule has 0 amide bonds. The Balaban J connectivity index is 2.51. The van der Waals surface area contributed by atoms with Gasteiger partial charge in [-0.25, -0.2) is 8.42 Å². The smallest absolute Gasteiger partial charge is 0.168 e. The zero-order chi connectivity index (χ0) is 10.7. The number of benzene rings is 1. The molecular weight excluding hydrogens is 210 g/mol. The summed E-state index contributed by atoms with van der Waals surface area (Å²) < 4.78 is 21.6. The summed E-state index contributed by atoms with van der Waals surface area (Å²) in [5, 5.41) is 0. The first kappa shape index (κ1) is 9.86. The highest BCUT2D eigenvalue weighted by Gasteiger charge is 1.99. The predicted octanol–water partition coefficient (Wildman–Crippen LogP) is 1.72. The van der Waals surface area contributed by atoms with Crippen LogP contribution in [0.2, 0.25) is 0 Å². The van der Waals surface area contributed by atoms with Crippen LogP contribution in [0.4, 0.5) is 0 Å². The SMILES string of the molecule is O=[SH](=O)c1cccc(-c2ccncc2)c1. The molecule has 1 heterocycles. The molecule has 3 nitrogen and oxygen atoms in total. The Labute approximate surface area is 89.4 Å². The van der Waals surface area contributed by atoms with Gasteiger partial charge in [0.15, 0.2) is 10.7 Å². The van der Waals surface area contributed by atoms with Crippen LogP contribution in [0.5, 0.6) is 0 Å². The van der Waals surface area contributed by atoms with Crippen LogP contribution in [-0.4, -0.2) is 13.4 Å². The standard InChI is InChI=1S/C11H9NO2S/c13-15(14)11-3-1-2-10(8-11)9-4-6-12-7-5-9/h1-8,15H. The zero-order valence-corrected chi connectivity index (χ0v) is 8.72. The van der Waals surface area contributed by atoms with Gasteiger partial charge in [-0.15, -0.1) is 0 Å². The fourth-order valence-corrected chi connectivity index (χ4v) is 1.80. The van der Waals surface area contributed by atoms with E-state index in [9.17, 15) is 8.42 Å². The molecule has 0 saturated carbocycles. The quantitative estimate of drug-likeness (QED) is 0.782. The molecule has 0 aliphatic heterocycles. The second-order valence-electron chi connectivity index (χ2n) is 3.04. The molecule has 2 aromatic rings. The lowest BCUT2D eigenvalue weighted by Gasteiger charge is -2.00. The van der Waals surface area contributed by atoms with Crippen LogP contribution >= 0.6 is 0 Å². The molecular formula is C11H9NO2S. The minimum atomic E-state index is -2.52. The lowest BCUT2D eigenvalue weighted by molar-refractivity contribution is 0.614. The summed E-state index contributed by atoms with van der Waals surface area (Å²) in [7, 11) is -2.52. The first-order valence-corrected chi connectivity index (χ1v) is 5.60. The molecule has 76 valence electrons. The summed E-state index contributed by atoms with van der Waals surface area (Å²) in [4.78, 5) is 4.24. The first-order valence-electron chi connectivity index (χ1n) is 4.42. The van der Waals surface area contributed by atoms with Crippen molar-refractivity contribution in [3.8, 4) is 11.1 Å². The molecule has 0 atom stereocenters. The Morgan fingerprint density at radius 1 is 0.933 bits per heavy atom. The molecule has 15 heavy (non-hydrogen) atoms. The average molecular weight is 219 g/mol. The van der Waals surface area contributed by atoms with E-state index in [0.29, 0.717) is 4.90 Å². The number of rotatable bonds is 2. The summed E-state index contributed by atoms with van der Waals surface area (Å²) in [6.45, 7) is 0. The van der Waals surface area contributed by atoms with Crippen molar-refractivity contribution in [2.45, 2.75) is 4.90 Å². The Morgan fingerprint density at radius 3 is 2.33 bits per heavy atom. The summed E-state index contributed by atoms with van der Waals surface area (Å²) in [5.74, 6) is 0. The molecule has 0 unspecified atom stereocenters. The van der Waals surface area contributed by atoms with E-state index in [2.05, 4.69) is 4.98 Å². The molecule has 0 saturated heterocycles. The monoisotopic (exact) mass is 219 g/mol. The third-order valence-electron chi connectivity index (χ3n) is 2.07. The van der Waals surface area contributed by atoms with Crippen LogP contribution < -0.4 is 0 Å². The van der Waals surface area contributed by atoms with Crippen molar-refractivity contribution in [3.63, 3.8) is 0 Å². The highest BCUT2D eigenvalue weighted by Crippen LogP contribution is 2.19. The van der Waals surface area contributed by atoms with Gasteiger partial charge in [0.05, 0.1) is 4.90 Å². The summed E-state index contributed by atoms with van der Waals surface area (Å²) in [6, 6.07) is 10.5. The van der Waals surface area contributed by atoms with Crippen molar-refractivity contribution in [2.75, 3.05) is 0 Å². The molecule has 0 fully saturated rings. The van der Waals surface area contributed by atoms with Gasteiger partial charge in [0.2, 0.25) is 0 Å². The van der Waals surface area contributed by atoms with E-state index in [0.717, 1.165) is 11.1 Å². The number of aromatic nitrogens is 1. The molecule has 1 aromatic carbocycles. The van der Waals surface area contributed by atoms with Gasteiger partial charge in [0, 0.05) is 12.4 Å². The van der Waals surface area contributed by atoms with E-state index in [1.165, 1.54) is 0 Å². The van der Waals surface area contributed by atoms with Crippen LogP contribution in [0, 0.1) is 0 Å². The summed E-state index contributed by atoms with van der Waals surface area (Å²) in [6.07, 6.45) is 3.36. The third-order valence-corrected chi connectivity index (χ3v) is 2.77. The predicted molar refractivity (Wildman–Crippen MR) is 58.3 cm³/mol. The second-order valence-corrected chi connectivity index (χ2v) is 4.07. The van der Waals surface area contributed by atoms with Gasteiger partial charge in [-0.1, -0.05) is 12.1 Å².